The van der Waals surface area contributed by atoms with Crippen LogP contribution in [0.1, 0.15) is 31.7 Å². The maximum atomic E-state index is 13.2. The summed E-state index contributed by atoms with van der Waals surface area (Å²) in [5.41, 5.74) is 0.180. The third-order valence-corrected chi connectivity index (χ3v) is 3.24. The van der Waals surface area contributed by atoms with E-state index in [0.29, 0.717) is 0 Å². The van der Waals surface area contributed by atoms with Gasteiger partial charge in [0.1, 0.15) is 17.4 Å². The topological polar surface area (TPSA) is 23.8 Å². The lowest BCUT2D eigenvalue weighted by Gasteiger charge is -2.03. The molecule has 0 bridgehead atoms. The van der Waals surface area contributed by atoms with E-state index in [9.17, 15) is 4.39 Å². The van der Waals surface area contributed by atoms with Crippen molar-refractivity contribution in [3.63, 3.8) is 0 Å². The van der Waals surface area contributed by atoms with Crippen LogP contribution in [0.5, 0.6) is 0 Å². The summed E-state index contributed by atoms with van der Waals surface area (Å²) >= 11 is 1.56. The van der Waals surface area contributed by atoms with E-state index in [-0.39, 0.29) is 5.56 Å². The molecule has 15 heavy (non-hydrogen) atoms. The largest absolute Gasteiger partial charge is 0.206 e. The van der Waals surface area contributed by atoms with Crippen LogP contribution >= 0.6 is 11.8 Å². The standard InChI is InChI=1S/C12H14FNS/c1-2-3-4-8-15-12-7-5-6-11(13)10(12)9-14/h5-7H,2-4,8H2,1H3. The molecule has 0 amide bonds. The molecule has 0 saturated heterocycles. The van der Waals surface area contributed by atoms with Gasteiger partial charge in [0.2, 0.25) is 0 Å². The second kappa shape index (κ2) is 6.47. The van der Waals surface area contributed by atoms with Crippen molar-refractivity contribution in [2.24, 2.45) is 0 Å². The molecular weight excluding hydrogens is 209 g/mol. The van der Waals surface area contributed by atoms with Crippen molar-refractivity contribution < 1.29 is 4.39 Å². The number of hydrogen-bond acceptors (Lipinski definition) is 2. The zero-order valence-corrected chi connectivity index (χ0v) is 9.61. The van der Waals surface area contributed by atoms with Gasteiger partial charge in [-0.05, 0) is 24.3 Å². The molecule has 1 nitrogen and oxygen atoms in total. The number of halogens is 1. The van der Waals surface area contributed by atoms with Gasteiger partial charge in [0.15, 0.2) is 0 Å². The van der Waals surface area contributed by atoms with E-state index < -0.39 is 5.82 Å². The minimum atomic E-state index is -0.419. The fourth-order valence-electron chi connectivity index (χ4n) is 1.27. The number of unbranched alkanes of at least 4 members (excludes halogenated alkanes) is 2. The lowest BCUT2D eigenvalue weighted by Crippen LogP contribution is -1.88. The highest BCUT2D eigenvalue weighted by atomic mass is 32.2. The molecular formula is C12H14FNS. The Morgan fingerprint density at radius 1 is 1.40 bits per heavy atom. The maximum Gasteiger partial charge on any atom is 0.142 e. The van der Waals surface area contributed by atoms with Crippen molar-refractivity contribution in [1.82, 2.24) is 0 Å². The predicted molar refractivity (Wildman–Crippen MR) is 61.4 cm³/mol. The van der Waals surface area contributed by atoms with E-state index in [4.69, 9.17) is 5.26 Å². The maximum absolute atomic E-state index is 13.2. The highest BCUT2D eigenvalue weighted by Gasteiger charge is 2.07. The van der Waals surface area contributed by atoms with Crippen LogP contribution in [0.15, 0.2) is 23.1 Å². The van der Waals surface area contributed by atoms with E-state index in [1.165, 1.54) is 18.9 Å². The Morgan fingerprint density at radius 2 is 2.20 bits per heavy atom. The summed E-state index contributed by atoms with van der Waals surface area (Å²) in [6.07, 6.45) is 3.47. The summed E-state index contributed by atoms with van der Waals surface area (Å²) in [6.45, 7) is 2.15. The number of nitrogens with zero attached hydrogens (tertiary/aromatic N) is 1. The SMILES string of the molecule is CCCCCSc1cccc(F)c1C#N. The highest BCUT2D eigenvalue weighted by Crippen LogP contribution is 2.25. The van der Waals surface area contributed by atoms with E-state index in [1.54, 1.807) is 23.9 Å². The zero-order valence-electron chi connectivity index (χ0n) is 8.79. The van der Waals surface area contributed by atoms with Crippen LogP contribution in [0.25, 0.3) is 0 Å². The van der Waals surface area contributed by atoms with Crippen LogP contribution in [0.3, 0.4) is 0 Å². The second-order valence-corrected chi connectivity index (χ2v) is 4.42. The van der Waals surface area contributed by atoms with Gasteiger partial charge in [-0.1, -0.05) is 25.8 Å². The molecule has 80 valence electrons. The van der Waals surface area contributed by atoms with E-state index >= 15 is 0 Å². The molecule has 0 saturated carbocycles. The monoisotopic (exact) mass is 223 g/mol. The van der Waals surface area contributed by atoms with E-state index in [0.717, 1.165) is 17.1 Å². The van der Waals surface area contributed by atoms with Gasteiger partial charge in [0.05, 0.1) is 0 Å². The van der Waals surface area contributed by atoms with Crippen molar-refractivity contribution in [2.45, 2.75) is 31.1 Å². The average molecular weight is 223 g/mol. The summed E-state index contributed by atoms with van der Waals surface area (Å²) in [7, 11) is 0. The summed E-state index contributed by atoms with van der Waals surface area (Å²) in [4.78, 5) is 0.758. The Hall–Kier alpha value is -1.01. The molecule has 0 aromatic heterocycles. The van der Waals surface area contributed by atoms with Crippen LogP contribution in [-0.4, -0.2) is 5.75 Å². The van der Waals surface area contributed by atoms with Gasteiger partial charge in [-0.25, -0.2) is 4.39 Å². The Morgan fingerprint density at radius 3 is 2.87 bits per heavy atom. The summed E-state index contributed by atoms with van der Waals surface area (Å²) in [5, 5.41) is 8.80. The highest BCUT2D eigenvalue weighted by molar-refractivity contribution is 7.99. The quantitative estimate of drug-likeness (QED) is 0.557. The van der Waals surface area contributed by atoms with Crippen molar-refractivity contribution in [2.75, 3.05) is 5.75 Å². The summed E-state index contributed by atoms with van der Waals surface area (Å²) in [6, 6.07) is 6.69. The van der Waals surface area contributed by atoms with Gasteiger partial charge in [-0.15, -0.1) is 11.8 Å². The molecule has 1 aromatic carbocycles. The van der Waals surface area contributed by atoms with Crippen LogP contribution in [0, 0.1) is 17.1 Å². The molecule has 0 aliphatic carbocycles. The van der Waals surface area contributed by atoms with Gasteiger partial charge in [0, 0.05) is 4.90 Å². The van der Waals surface area contributed by atoms with Crippen LogP contribution in [-0.2, 0) is 0 Å². The molecule has 0 aliphatic rings. The number of thioether (sulfide) groups is 1. The first kappa shape index (κ1) is 12.1. The minimum Gasteiger partial charge on any atom is -0.206 e. The smallest absolute Gasteiger partial charge is 0.142 e. The van der Waals surface area contributed by atoms with Gasteiger partial charge >= 0.3 is 0 Å². The fourth-order valence-corrected chi connectivity index (χ4v) is 2.30. The average Bonchev–Trinajstić information content (AvgIpc) is 2.24. The van der Waals surface area contributed by atoms with Crippen LogP contribution in [0.2, 0.25) is 0 Å². The summed E-state index contributed by atoms with van der Waals surface area (Å²) < 4.78 is 13.2. The molecule has 0 unspecified atom stereocenters. The Bertz CT molecular complexity index is 357. The van der Waals surface area contributed by atoms with Crippen molar-refractivity contribution in [3.8, 4) is 6.07 Å². The molecule has 1 rings (SSSR count). The van der Waals surface area contributed by atoms with E-state index in [1.807, 2.05) is 6.07 Å². The van der Waals surface area contributed by atoms with Crippen LogP contribution < -0.4 is 0 Å². The molecule has 0 fully saturated rings. The normalized spacial score (nSPS) is 9.93. The molecule has 0 heterocycles. The first-order chi connectivity index (χ1) is 7.29. The minimum absolute atomic E-state index is 0.180. The number of benzene rings is 1. The molecule has 1 aromatic rings. The predicted octanol–water partition coefficient (Wildman–Crippen LogP) is 3.98. The first-order valence-electron chi connectivity index (χ1n) is 5.11. The lowest BCUT2D eigenvalue weighted by molar-refractivity contribution is 0.620. The molecule has 0 N–H and O–H groups in total. The Labute approximate surface area is 94.3 Å². The summed E-state index contributed by atoms with van der Waals surface area (Å²) in [5.74, 6) is 0.532. The van der Waals surface area contributed by atoms with Gasteiger partial charge in [-0.2, -0.15) is 5.26 Å². The number of nitriles is 1. The van der Waals surface area contributed by atoms with Gasteiger partial charge < -0.3 is 0 Å². The molecule has 0 atom stereocenters. The third-order valence-electron chi connectivity index (χ3n) is 2.09. The van der Waals surface area contributed by atoms with Gasteiger partial charge in [-0.3, -0.25) is 0 Å². The molecule has 0 radical (unpaired) electrons. The molecule has 0 aliphatic heterocycles. The Kier molecular flexibility index (Phi) is 5.20. The first-order valence-corrected chi connectivity index (χ1v) is 6.09. The zero-order chi connectivity index (χ0) is 11.1. The van der Waals surface area contributed by atoms with Crippen molar-refractivity contribution in [1.29, 1.82) is 5.26 Å². The third kappa shape index (κ3) is 3.56. The van der Waals surface area contributed by atoms with Crippen molar-refractivity contribution >= 4 is 11.8 Å². The number of rotatable bonds is 5. The lowest BCUT2D eigenvalue weighted by atomic mass is 10.2. The fraction of sp³-hybridized carbons (Fsp3) is 0.417. The second-order valence-electron chi connectivity index (χ2n) is 3.28. The van der Waals surface area contributed by atoms with Gasteiger partial charge in [0.25, 0.3) is 0 Å². The van der Waals surface area contributed by atoms with Crippen LogP contribution in [0.4, 0.5) is 4.39 Å². The Balaban J connectivity index is 2.61. The molecule has 0 spiro atoms. The molecule has 3 heteroatoms. The number of hydrogen-bond donors (Lipinski definition) is 0. The van der Waals surface area contributed by atoms with E-state index in [2.05, 4.69) is 6.92 Å². The van der Waals surface area contributed by atoms with Crippen molar-refractivity contribution in [3.05, 3.63) is 29.6 Å².